The maximum Gasteiger partial charge on any atom is 0.335 e. The van der Waals surface area contributed by atoms with Gasteiger partial charge < -0.3 is 25.2 Å². The van der Waals surface area contributed by atoms with E-state index in [1.807, 2.05) is 43.0 Å². The van der Waals surface area contributed by atoms with Gasteiger partial charge in [0.05, 0.1) is 11.2 Å². The molecule has 0 radical (unpaired) electrons. The van der Waals surface area contributed by atoms with Crippen LogP contribution in [0.5, 0.6) is 11.5 Å². The lowest BCUT2D eigenvalue weighted by molar-refractivity contribution is -0.163. The van der Waals surface area contributed by atoms with Gasteiger partial charge in [0, 0.05) is 32.6 Å². The summed E-state index contributed by atoms with van der Waals surface area (Å²) in [4.78, 5) is 43.1. The number of aromatic carboxylic acids is 1. The minimum atomic E-state index is -0.960. The number of ether oxygens (including phenoxy) is 1. The van der Waals surface area contributed by atoms with E-state index in [1.54, 1.807) is 12.1 Å². The Morgan fingerprint density at radius 2 is 1.62 bits per heavy atom. The van der Waals surface area contributed by atoms with Gasteiger partial charge in [-0.1, -0.05) is 44.7 Å². The quantitative estimate of drug-likeness (QED) is 0.302. The summed E-state index contributed by atoms with van der Waals surface area (Å²) in [7, 11) is 0. The van der Waals surface area contributed by atoms with Crippen LogP contribution in [0.2, 0.25) is 0 Å². The molecular weight excluding hydrogens is 594 g/mol. The lowest BCUT2D eigenvalue weighted by Crippen LogP contribution is -2.73. The summed E-state index contributed by atoms with van der Waals surface area (Å²) in [6.45, 7) is 8.47. The molecule has 5 rings (SSSR count). The summed E-state index contributed by atoms with van der Waals surface area (Å²) in [5.41, 5.74) is 1.19. The number of nitrogens with one attached hydrogen (secondary N) is 1. The Morgan fingerprint density at radius 3 is 2.20 bits per heavy atom. The van der Waals surface area contributed by atoms with Crippen LogP contribution in [0.15, 0.2) is 36.4 Å². The van der Waals surface area contributed by atoms with Gasteiger partial charge in [-0.25, -0.2) is 4.79 Å². The number of carbonyl (C=O) groups excluding carboxylic acids is 2. The van der Waals surface area contributed by atoms with Gasteiger partial charge in [-0.2, -0.15) is 0 Å². The van der Waals surface area contributed by atoms with E-state index in [4.69, 9.17) is 4.74 Å². The Balaban J connectivity index is 0.00000461. The molecule has 246 valence electrons. The predicted octanol–water partition coefficient (Wildman–Crippen LogP) is 5.76. The molecular formula is C35H48ClN3O6. The summed E-state index contributed by atoms with van der Waals surface area (Å²) in [5.74, 6) is 0.271. The fourth-order valence-corrected chi connectivity index (χ4v) is 7.30. The maximum absolute atomic E-state index is 13.8. The van der Waals surface area contributed by atoms with Crippen LogP contribution in [0.1, 0.15) is 98.2 Å². The normalized spacial score (nSPS) is 21.2. The molecule has 1 saturated carbocycles. The number of carboxylic acids is 1. The Bertz CT molecular complexity index is 1340. The average Bonchev–Trinajstić information content (AvgIpc) is 2.99. The third kappa shape index (κ3) is 7.64. The number of unbranched alkanes of at least 4 members (excludes halogenated alkanes) is 1. The number of hydrogen-bond donors (Lipinski definition) is 3. The van der Waals surface area contributed by atoms with E-state index in [0.29, 0.717) is 63.2 Å². The maximum atomic E-state index is 13.8. The number of amides is 2. The van der Waals surface area contributed by atoms with Crippen LogP contribution in [0, 0.1) is 13.8 Å². The largest absolute Gasteiger partial charge is 0.478 e. The molecule has 2 saturated heterocycles. The lowest BCUT2D eigenvalue weighted by Gasteiger charge is -2.52. The van der Waals surface area contributed by atoms with Crippen LogP contribution in [0.4, 0.5) is 0 Å². The summed E-state index contributed by atoms with van der Waals surface area (Å²) in [5, 5.41) is 23.5. The number of aliphatic hydroxyl groups is 1. The molecule has 1 spiro atoms. The highest BCUT2D eigenvalue weighted by molar-refractivity contribution is 6.00. The van der Waals surface area contributed by atoms with Crippen molar-refractivity contribution < 1.29 is 29.3 Å². The molecule has 2 aromatic carbocycles. The van der Waals surface area contributed by atoms with Crippen LogP contribution in [-0.4, -0.2) is 74.6 Å². The molecule has 3 N–H and O–H groups in total. The van der Waals surface area contributed by atoms with Gasteiger partial charge in [0.2, 0.25) is 11.8 Å². The van der Waals surface area contributed by atoms with E-state index in [2.05, 4.69) is 17.1 Å². The van der Waals surface area contributed by atoms with Gasteiger partial charge >= 0.3 is 5.97 Å². The van der Waals surface area contributed by atoms with Gasteiger partial charge in [0.25, 0.3) is 0 Å². The number of piperazine rings is 1. The Labute approximate surface area is 272 Å². The summed E-state index contributed by atoms with van der Waals surface area (Å²) in [6, 6.07) is 10.5. The van der Waals surface area contributed by atoms with E-state index < -0.39 is 23.2 Å². The van der Waals surface area contributed by atoms with Crippen molar-refractivity contribution in [2.24, 2.45) is 0 Å². The van der Waals surface area contributed by atoms with Gasteiger partial charge in [-0.15, -0.1) is 12.4 Å². The number of aryl methyl sites for hydroxylation is 2. The predicted molar refractivity (Wildman–Crippen MR) is 175 cm³/mol. The molecule has 45 heavy (non-hydrogen) atoms. The van der Waals surface area contributed by atoms with Gasteiger partial charge in [-0.3, -0.25) is 14.5 Å². The molecule has 1 atom stereocenters. The molecule has 0 aromatic heterocycles. The Hall–Kier alpha value is -3.14. The number of carboxylic acid groups (broad SMARTS) is 1. The van der Waals surface area contributed by atoms with Crippen LogP contribution in [0.25, 0.3) is 0 Å². The Morgan fingerprint density at radius 1 is 1.00 bits per heavy atom. The second kappa shape index (κ2) is 14.5. The first-order valence-corrected chi connectivity index (χ1v) is 16.2. The topological polar surface area (TPSA) is 119 Å². The summed E-state index contributed by atoms with van der Waals surface area (Å²) >= 11 is 0. The number of halogens is 1. The molecule has 2 aromatic rings. The van der Waals surface area contributed by atoms with Crippen molar-refractivity contribution in [3.05, 3.63) is 58.7 Å². The standard InChI is InChI=1S/C35H47N3O6.ClH/c1-4-5-17-38-31(39)29(22-34(43)13-7-6-8-14-34)36-33(42)35(38)15-18-37(19-16-35)23-26-9-11-28(12-10-26)44-30-24(2)20-27(32(40)41)21-25(30)3;/h9-12,20-21,29,43H,4-8,13-19,22-23H2,1-3H3,(H,36,42)(H,40,41);1H/t29-;/m1./s1. The number of benzene rings is 2. The van der Waals surface area contributed by atoms with Gasteiger partial charge in [0.1, 0.15) is 23.1 Å². The molecule has 0 unspecified atom stereocenters. The molecule has 2 amide bonds. The van der Waals surface area contributed by atoms with Gasteiger partial charge in [0.15, 0.2) is 0 Å². The average molecular weight is 642 g/mol. The third-order valence-corrected chi connectivity index (χ3v) is 9.85. The van der Waals surface area contributed by atoms with Crippen molar-refractivity contribution in [2.45, 2.75) is 109 Å². The second-order valence-corrected chi connectivity index (χ2v) is 13.2. The highest BCUT2D eigenvalue weighted by atomic mass is 35.5. The molecule has 3 aliphatic rings. The number of rotatable bonds is 10. The molecule has 0 bridgehead atoms. The lowest BCUT2D eigenvalue weighted by atomic mass is 9.77. The second-order valence-electron chi connectivity index (χ2n) is 13.2. The first-order chi connectivity index (χ1) is 21.0. The highest BCUT2D eigenvalue weighted by Crippen LogP contribution is 2.38. The van der Waals surface area contributed by atoms with E-state index in [9.17, 15) is 24.6 Å². The van der Waals surface area contributed by atoms with E-state index >= 15 is 0 Å². The van der Waals surface area contributed by atoms with Crippen molar-refractivity contribution in [1.82, 2.24) is 15.1 Å². The summed E-state index contributed by atoms with van der Waals surface area (Å²) < 4.78 is 6.12. The van der Waals surface area contributed by atoms with Crippen molar-refractivity contribution in [3.8, 4) is 11.5 Å². The zero-order valence-electron chi connectivity index (χ0n) is 26.8. The number of hydrogen-bond acceptors (Lipinski definition) is 6. The first kappa shape index (κ1) is 34.7. The number of carbonyl (C=O) groups is 3. The fraction of sp³-hybridized carbons (Fsp3) is 0.571. The molecule has 2 heterocycles. The van der Waals surface area contributed by atoms with E-state index in [1.165, 1.54) is 0 Å². The zero-order chi connectivity index (χ0) is 31.5. The van der Waals surface area contributed by atoms with E-state index in [-0.39, 0.29) is 29.8 Å². The smallest absolute Gasteiger partial charge is 0.335 e. The van der Waals surface area contributed by atoms with Crippen LogP contribution in [0.3, 0.4) is 0 Å². The van der Waals surface area contributed by atoms with Crippen molar-refractivity contribution >= 4 is 30.2 Å². The zero-order valence-corrected chi connectivity index (χ0v) is 27.6. The number of likely N-dealkylation sites (tertiary alicyclic amines) is 1. The van der Waals surface area contributed by atoms with Crippen LogP contribution >= 0.6 is 12.4 Å². The minimum absolute atomic E-state index is 0. The highest BCUT2D eigenvalue weighted by Gasteiger charge is 2.54. The fourth-order valence-electron chi connectivity index (χ4n) is 7.30. The number of piperidine rings is 1. The van der Waals surface area contributed by atoms with Crippen LogP contribution < -0.4 is 10.1 Å². The third-order valence-electron chi connectivity index (χ3n) is 9.85. The minimum Gasteiger partial charge on any atom is -0.478 e. The molecule has 2 aliphatic heterocycles. The molecule has 3 fully saturated rings. The number of nitrogens with zero attached hydrogens (tertiary/aromatic N) is 2. The molecule has 9 nitrogen and oxygen atoms in total. The Kier molecular flexibility index (Phi) is 11.2. The SMILES string of the molecule is CCCCN1C(=O)[C@@H](CC2(O)CCCCC2)NC(=O)C12CCN(Cc1ccc(Oc3c(C)cc(C(=O)O)cc3C)cc1)CC2.Cl. The van der Waals surface area contributed by atoms with Crippen molar-refractivity contribution in [2.75, 3.05) is 19.6 Å². The van der Waals surface area contributed by atoms with Crippen molar-refractivity contribution in [1.29, 1.82) is 0 Å². The van der Waals surface area contributed by atoms with Crippen LogP contribution in [-0.2, 0) is 16.1 Å². The van der Waals surface area contributed by atoms with Gasteiger partial charge in [-0.05, 0) is 86.9 Å². The monoisotopic (exact) mass is 641 g/mol. The van der Waals surface area contributed by atoms with E-state index in [0.717, 1.165) is 55.3 Å². The van der Waals surface area contributed by atoms with Crippen molar-refractivity contribution in [3.63, 3.8) is 0 Å². The summed E-state index contributed by atoms with van der Waals surface area (Å²) in [6.07, 6.45) is 7.65. The molecule has 1 aliphatic carbocycles. The first-order valence-electron chi connectivity index (χ1n) is 16.2. The molecule has 10 heteroatoms.